The lowest BCUT2D eigenvalue weighted by Crippen LogP contribution is -2.20. The van der Waals surface area contributed by atoms with E-state index in [1.165, 1.54) is 5.57 Å². The van der Waals surface area contributed by atoms with Gasteiger partial charge in [-0.05, 0) is 66.9 Å². The Labute approximate surface area is 194 Å². The van der Waals surface area contributed by atoms with Gasteiger partial charge in [0, 0.05) is 30.2 Å². The molecule has 0 aliphatic carbocycles. The van der Waals surface area contributed by atoms with Crippen molar-refractivity contribution in [1.29, 1.82) is 0 Å². The summed E-state index contributed by atoms with van der Waals surface area (Å²) in [6, 6.07) is 10.3. The van der Waals surface area contributed by atoms with Gasteiger partial charge in [-0.15, -0.1) is 0 Å². The Kier molecular flexibility index (Phi) is 6.95. The van der Waals surface area contributed by atoms with Crippen LogP contribution in [0.5, 0.6) is 0 Å². The number of allylic oxidation sites excluding steroid dienone is 2. The number of fused-ring (bicyclic) bond motifs is 1. The minimum absolute atomic E-state index is 0.827. The average Bonchev–Trinajstić information content (AvgIpc) is 3.47. The Morgan fingerprint density at radius 3 is 2.67 bits per heavy atom. The molecular formula is C27H30N6. The zero-order valence-corrected chi connectivity index (χ0v) is 19.4. The summed E-state index contributed by atoms with van der Waals surface area (Å²) in [6.07, 6.45) is 10.6. The van der Waals surface area contributed by atoms with Crippen LogP contribution in [0.15, 0.2) is 67.5 Å². The first-order valence-electron chi connectivity index (χ1n) is 11.4. The molecule has 0 spiro atoms. The Morgan fingerprint density at radius 2 is 1.94 bits per heavy atom. The van der Waals surface area contributed by atoms with E-state index in [9.17, 15) is 0 Å². The normalized spacial score (nSPS) is 13.9. The summed E-state index contributed by atoms with van der Waals surface area (Å²) in [5, 5.41) is 11.1. The lowest BCUT2D eigenvalue weighted by molar-refractivity contribution is 0.737. The summed E-state index contributed by atoms with van der Waals surface area (Å²) in [5.74, 6) is 0. The number of hydrogen-bond donors (Lipinski definition) is 3. The van der Waals surface area contributed by atoms with Crippen molar-refractivity contribution in [3.63, 3.8) is 0 Å². The predicted octanol–water partition coefficient (Wildman–Crippen LogP) is 5.68. The number of aryl methyl sites for hydroxylation is 1. The smallest absolute Gasteiger partial charge is 0.135 e. The second kappa shape index (κ2) is 10.2. The van der Waals surface area contributed by atoms with E-state index in [4.69, 9.17) is 4.98 Å². The van der Waals surface area contributed by atoms with Crippen LogP contribution in [0, 0.1) is 6.92 Å². The largest absolute Gasteiger partial charge is 0.357 e. The van der Waals surface area contributed by atoms with Gasteiger partial charge in [-0.25, -0.2) is 4.98 Å². The van der Waals surface area contributed by atoms with Gasteiger partial charge in [-0.1, -0.05) is 38.7 Å². The van der Waals surface area contributed by atoms with E-state index >= 15 is 0 Å². The van der Waals surface area contributed by atoms with Crippen molar-refractivity contribution in [3.05, 3.63) is 90.0 Å². The second-order valence-electron chi connectivity index (χ2n) is 7.62. The van der Waals surface area contributed by atoms with Gasteiger partial charge in [0.15, 0.2) is 0 Å². The number of aromatic amines is 2. The summed E-state index contributed by atoms with van der Waals surface area (Å²) in [5.41, 5.74) is 10.2. The molecule has 5 heterocycles. The quantitative estimate of drug-likeness (QED) is 0.350. The number of nitrogens with one attached hydrogen (secondary N) is 3. The number of H-pyrrole nitrogens is 2. The molecule has 1 aliphatic rings. The Balaban J connectivity index is 0.00000126. The standard InChI is InChI=1S/C25H24N6.C2H6/c1-3-4-19(17-7-11-26-12-8-17)20-15-23(28-16(20)2)25-24-22(30-31-25)6-5-21(29-24)18-9-13-27-14-10-18;1-2/h3-9,11-12,15,27-28H,1,10,13-14H2,2H3,(H,30,31);1-2H3/b19-4-;. The van der Waals surface area contributed by atoms with Crippen LogP contribution in [0.2, 0.25) is 0 Å². The summed E-state index contributed by atoms with van der Waals surface area (Å²) in [7, 11) is 0. The van der Waals surface area contributed by atoms with E-state index in [-0.39, 0.29) is 0 Å². The van der Waals surface area contributed by atoms with Crippen LogP contribution in [-0.2, 0) is 0 Å². The van der Waals surface area contributed by atoms with E-state index in [0.29, 0.717) is 0 Å². The van der Waals surface area contributed by atoms with Crippen molar-refractivity contribution in [2.45, 2.75) is 27.2 Å². The van der Waals surface area contributed by atoms with Crippen molar-refractivity contribution in [2.24, 2.45) is 0 Å². The third kappa shape index (κ3) is 4.56. The molecule has 0 radical (unpaired) electrons. The van der Waals surface area contributed by atoms with Crippen LogP contribution in [0.3, 0.4) is 0 Å². The molecule has 6 nitrogen and oxygen atoms in total. The summed E-state index contributed by atoms with van der Waals surface area (Å²) < 4.78 is 0. The molecule has 5 rings (SSSR count). The van der Waals surface area contributed by atoms with Crippen LogP contribution in [0.25, 0.3) is 33.6 Å². The fourth-order valence-corrected chi connectivity index (χ4v) is 4.08. The van der Waals surface area contributed by atoms with Crippen molar-refractivity contribution in [1.82, 2.24) is 30.5 Å². The molecule has 0 saturated carbocycles. The first-order valence-corrected chi connectivity index (χ1v) is 11.4. The molecule has 0 amide bonds. The van der Waals surface area contributed by atoms with E-state index < -0.39 is 0 Å². The zero-order chi connectivity index (χ0) is 23.2. The zero-order valence-electron chi connectivity index (χ0n) is 19.4. The third-order valence-corrected chi connectivity index (χ3v) is 5.64. The Hall–Kier alpha value is -3.77. The number of hydrogen-bond acceptors (Lipinski definition) is 4. The fourth-order valence-electron chi connectivity index (χ4n) is 4.08. The first kappa shape index (κ1) is 22.4. The van der Waals surface area contributed by atoms with Gasteiger partial charge in [0.05, 0.1) is 16.9 Å². The molecule has 4 aromatic rings. The number of aromatic nitrogens is 5. The minimum Gasteiger partial charge on any atom is -0.357 e. The van der Waals surface area contributed by atoms with Crippen LogP contribution in [0.4, 0.5) is 0 Å². The lowest BCUT2D eigenvalue weighted by atomic mass is 9.98. The Morgan fingerprint density at radius 1 is 1.12 bits per heavy atom. The maximum atomic E-state index is 4.96. The van der Waals surface area contributed by atoms with Gasteiger partial charge in [0.2, 0.25) is 0 Å². The molecular weight excluding hydrogens is 408 g/mol. The molecule has 0 aromatic carbocycles. The maximum absolute atomic E-state index is 4.96. The number of rotatable bonds is 5. The van der Waals surface area contributed by atoms with E-state index in [2.05, 4.69) is 63.3 Å². The fraction of sp³-hybridized carbons (Fsp3) is 0.222. The van der Waals surface area contributed by atoms with Gasteiger partial charge in [0.25, 0.3) is 0 Å². The molecule has 1 aliphatic heterocycles. The molecule has 3 N–H and O–H groups in total. The highest BCUT2D eigenvalue weighted by Crippen LogP contribution is 2.32. The predicted molar refractivity (Wildman–Crippen MR) is 137 cm³/mol. The van der Waals surface area contributed by atoms with Crippen LogP contribution in [0.1, 0.15) is 42.8 Å². The molecule has 0 bridgehead atoms. The van der Waals surface area contributed by atoms with Crippen molar-refractivity contribution < 1.29 is 0 Å². The van der Waals surface area contributed by atoms with Gasteiger partial charge < -0.3 is 10.3 Å². The molecule has 33 heavy (non-hydrogen) atoms. The van der Waals surface area contributed by atoms with Crippen LogP contribution in [-0.4, -0.2) is 38.2 Å². The minimum atomic E-state index is 0.827. The van der Waals surface area contributed by atoms with Crippen molar-refractivity contribution in [2.75, 3.05) is 13.1 Å². The second-order valence-corrected chi connectivity index (χ2v) is 7.62. The van der Waals surface area contributed by atoms with Crippen LogP contribution < -0.4 is 5.32 Å². The van der Waals surface area contributed by atoms with Crippen molar-refractivity contribution >= 4 is 22.2 Å². The van der Waals surface area contributed by atoms with E-state index in [1.54, 1.807) is 12.4 Å². The Bertz CT molecular complexity index is 1310. The molecule has 0 unspecified atom stereocenters. The molecule has 168 valence electrons. The molecule has 4 aromatic heterocycles. The lowest BCUT2D eigenvalue weighted by Gasteiger charge is -2.13. The van der Waals surface area contributed by atoms with Gasteiger partial charge in [0.1, 0.15) is 11.2 Å². The first-order chi connectivity index (χ1) is 16.2. The number of pyridine rings is 2. The van der Waals surface area contributed by atoms with E-state index in [0.717, 1.165) is 70.0 Å². The maximum Gasteiger partial charge on any atom is 0.135 e. The monoisotopic (exact) mass is 438 g/mol. The molecule has 0 atom stereocenters. The van der Waals surface area contributed by atoms with Gasteiger partial charge in [-0.3, -0.25) is 10.1 Å². The van der Waals surface area contributed by atoms with Crippen molar-refractivity contribution in [3.8, 4) is 11.4 Å². The van der Waals surface area contributed by atoms with E-state index in [1.807, 2.05) is 38.1 Å². The molecule has 0 saturated heterocycles. The number of nitrogens with zero attached hydrogens (tertiary/aromatic N) is 3. The summed E-state index contributed by atoms with van der Waals surface area (Å²) in [6.45, 7) is 11.8. The molecule has 6 heteroatoms. The highest BCUT2D eigenvalue weighted by molar-refractivity contribution is 5.92. The highest BCUT2D eigenvalue weighted by atomic mass is 15.1. The SMILES string of the molecule is C=C/C=C(/c1ccncc1)c1cc(-c2n[nH]c3ccc(C4=CCNCC4)nc23)[nH]c1C.CC. The average molecular weight is 439 g/mol. The van der Waals surface area contributed by atoms with Crippen LogP contribution >= 0.6 is 0 Å². The third-order valence-electron chi connectivity index (χ3n) is 5.64. The van der Waals surface area contributed by atoms with Gasteiger partial charge in [-0.2, -0.15) is 5.10 Å². The molecule has 0 fully saturated rings. The summed E-state index contributed by atoms with van der Waals surface area (Å²) in [4.78, 5) is 12.6. The summed E-state index contributed by atoms with van der Waals surface area (Å²) >= 11 is 0. The van der Waals surface area contributed by atoms with Gasteiger partial charge >= 0.3 is 0 Å². The topological polar surface area (TPSA) is 82.3 Å². The highest BCUT2D eigenvalue weighted by Gasteiger charge is 2.17.